The molecule has 17 heavy (non-hydrogen) atoms. The Kier molecular flexibility index (Phi) is 3.53. The Hall–Kier alpha value is -1.69. The minimum absolute atomic E-state index is 0.00684. The van der Waals surface area contributed by atoms with Gasteiger partial charge in [-0.25, -0.2) is 0 Å². The van der Waals surface area contributed by atoms with Gasteiger partial charge in [0.1, 0.15) is 6.54 Å². The molecule has 0 fully saturated rings. The zero-order chi connectivity index (χ0) is 12.3. The van der Waals surface area contributed by atoms with Gasteiger partial charge in [0.25, 0.3) is 0 Å². The fourth-order valence-corrected chi connectivity index (χ4v) is 2.23. The summed E-state index contributed by atoms with van der Waals surface area (Å²) in [6.45, 7) is 0.108. The predicted octanol–water partition coefficient (Wildman–Crippen LogP) is 1.32. The average Bonchev–Trinajstić information content (AvgIpc) is 2.35. The maximum absolute atomic E-state index is 11.2. The average molecular weight is 252 g/mol. The van der Waals surface area contributed by atoms with Crippen LogP contribution in [-0.2, 0) is 14.3 Å². The van der Waals surface area contributed by atoms with E-state index < -0.39 is 0 Å². The Morgan fingerprint density at radius 1 is 1.59 bits per heavy atom. The molecule has 0 saturated carbocycles. The number of methoxy groups -OCH3 is 1. The van der Waals surface area contributed by atoms with Gasteiger partial charge in [0.15, 0.2) is 0 Å². The lowest BCUT2D eigenvalue weighted by Crippen LogP contribution is -2.19. The third-order valence-corrected chi connectivity index (χ3v) is 3.35. The molecule has 1 heterocycles. The van der Waals surface area contributed by atoms with Gasteiger partial charge in [0, 0.05) is 10.6 Å². The van der Waals surface area contributed by atoms with Gasteiger partial charge in [0.2, 0.25) is 5.91 Å². The highest BCUT2D eigenvalue weighted by atomic mass is 32.2. The summed E-state index contributed by atoms with van der Waals surface area (Å²) in [6.07, 6.45) is 0. The van der Waals surface area contributed by atoms with Crippen molar-refractivity contribution in [3.8, 4) is 0 Å². The first kappa shape index (κ1) is 11.8. The first-order valence-electron chi connectivity index (χ1n) is 5.06. The Bertz CT molecular complexity index is 462. The largest absolute Gasteiger partial charge is 0.468 e. The maximum atomic E-state index is 11.2. The fraction of sp³-hybridized carbons (Fsp3) is 0.273. The molecule has 0 aromatic heterocycles. The Balaban J connectivity index is 2.07. The van der Waals surface area contributed by atoms with E-state index in [-0.39, 0.29) is 18.4 Å². The highest BCUT2D eigenvalue weighted by Gasteiger charge is 2.15. The summed E-state index contributed by atoms with van der Waals surface area (Å²) in [4.78, 5) is 23.2. The molecule has 2 N–H and O–H groups in total. The van der Waals surface area contributed by atoms with Crippen LogP contribution in [0.4, 0.5) is 11.4 Å². The number of carbonyl (C=O) groups excluding carboxylic acids is 2. The summed E-state index contributed by atoms with van der Waals surface area (Å²) < 4.78 is 4.53. The van der Waals surface area contributed by atoms with E-state index in [1.807, 2.05) is 18.2 Å². The molecule has 0 aliphatic carbocycles. The number of ether oxygens (including phenoxy) is 1. The van der Waals surface area contributed by atoms with Crippen LogP contribution in [0.2, 0.25) is 0 Å². The molecule has 0 atom stereocenters. The van der Waals surface area contributed by atoms with Crippen molar-refractivity contribution in [3.63, 3.8) is 0 Å². The molecule has 1 aliphatic heterocycles. The van der Waals surface area contributed by atoms with Crippen LogP contribution >= 0.6 is 11.8 Å². The van der Waals surface area contributed by atoms with Crippen molar-refractivity contribution >= 4 is 35.0 Å². The number of esters is 1. The zero-order valence-electron chi connectivity index (χ0n) is 9.28. The van der Waals surface area contributed by atoms with Crippen molar-refractivity contribution in [3.05, 3.63) is 18.2 Å². The summed E-state index contributed by atoms with van der Waals surface area (Å²) >= 11 is 1.50. The number of hydrogen-bond donors (Lipinski definition) is 2. The molecule has 1 amide bonds. The number of carbonyl (C=O) groups is 2. The monoisotopic (exact) mass is 252 g/mol. The van der Waals surface area contributed by atoms with Crippen LogP contribution in [0, 0.1) is 0 Å². The highest BCUT2D eigenvalue weighted by Crippen LogP contribution is 2.33. The van der Waals surface area contributed by atoms with E-state index in [4.69, 9.17) is 0 Å². The number of thioether (sulfide) groups is 1. The Labute approximate surface area is 103 Å². The van der Waals surface area contributed by atoms with Gasteiger partial charge >= 0.3 is 5.97 Å². The third kappa shape index (κ3) is 2.91. The number of nitrogens with one attached hydrogen (secondary N) is 2. The molecule has 6 heteroatoms. The second kappa shape index (κ2) is 5.09. The van der Waals surface area contributed by atoms with E-state index in [1.165, 1.54) is 18.9 Å². The summed E-state index contributed by atoms with van der Waals surface area (Å²) in [6, 6.07) is 5.59. The molecule has 0 unspecified atom stereocenters. The van der Waals surface area contributed by atoms with Crippen molar-refractivity contribution in [1.29, 1.82) is 0 Å². The minimum Gasteiger partial charge on any atom is -0.468 e. The number of rotatable bonds is 3. The minimum atomic E-state index is -0.332. The van der Waals surface area contributed by atoms with Gasteiger partial charge in [-0.05, 0) is 18.2 Å². The molecule has 5 nitrogen and oxygen atoms in total. The molecule has 1 aliphatic rings. The van der Waals surface area contributed by atoms with Crippen molar-refractivity contribution in [2.45, 2.75) is 4.90 Å². The van der Waals surface area contributed by atoms with Gasteiger partial charge in [-0.1, -0.05) is 0 Å². The molecule has 1 aromatic carbocycles. The molecular formula is C11H12N2O3S. The Morgan fingerprint density at radius 2 is 2.41 bits per heavy atom. The molecule has 90 valence electrons. The second-order valence-corrected chi connectivity index (χ2v) is 4.49. The van der Waals surface area contributed by atoms with Crippen molar-refractivity contribution in [2.24, 2.45) is 0 Å². The van der Waals surface area contributed by atoms with Gasteiger partial charge in [0.05, 0.1) is 18.6 Å². The summed E-state index contributed by atoms with van der Waals surface area (Å²) in [5, 5.41) is 5.71. The second-order valence-electron chi connectivity index (χ2n) is 3.48. The maximum Gasteiger partial charge on any atom is 0.325 e. The number of benzene rings is 1. The first-order chi connectivity index (χ1) is 8.19. The topological polar surface area (TPSA) is 67.4 Å². The zero-order valence-corrected chi connectivity index (χ0v) is 10.1. The number of anilines is 2. The van der Waals surface area contributed by atoms with Gasteiger partial charge in [-0.2, -0.15) is 0 Å². The van der Waals surface area contributed by atoms with E-state index in [2.05, 4.69) is 15.4 Å². The predicted molar refractivity (Wildman–Crippen MR) is 66.3 cm³/mol. The van der Waals surface area contributed by atoms with Gasteiger partial charge in [-0.15, -0.1) is 11.8 Å². The van der Waals surface area contributed by atoms with Crippen molar-refractivity contribution < 1.29 is 14.3 Å². The molecule has 0 bridgehead atoms. The fourth-order valence-electron chi connectivity index (χ4n) is 1.44. The van der Waals surface area contributed by atoms with Crippen LogP contribution in [0.1, 0.15) is 0 Å². The number of fused-ring (bicyclic) bond motifs is 1. The first-order valence-corrected chi connectivity index (χ1v) is 6.05. The summed E-state index contributed by atoms with van der Waals surface area (Å²) in [5.74, 6) is 0.107. The highest BCUT2D eigenvalue weighted by molar-refractivity contribution is 8.00. The lowest BCUT2D eigenvalue weighted by atomic mass is 10.2. The Morgan fingerprint density at radius 3 is 3.18 bits per heavy atom. The SMILES string of the molecule is COC(=O)CNc1ccc2c(c1)NC(=O)CS2. The third-order valence-electron chi connectivity index (χ3n) is 2.28. The van der Waals surface area contributed by atoms with E-state index in [0.717, 1.165) is 16.3 Å². The van der Waals surface area contributed by atoms with E-state index in [9.17, 15) is 9.59 Å². The van der Waals surface area contributed by atoms with Crippen LogP contribution in [-0.4, -0.2) is 31.3 Å². The summed E-state index contributed by atoms with van der Waals surface area (Å²) in [7, 11) is 1.34. The van der Waals surface area contributed by atoms with Crippen molar-refractivity contribution in [2.75, 3.05) is 30.0 Å². The van der Waals surface area contributed by atoms with Gasteiger partial charge in [-0.3, -0.25) is 9.59 Å². The number of hydrogen-bond acceptors (Lipinski definition) is 5. The molecular weight excluding hydrogens is 240 g/mol. The van der Waals surface area contributed by atoms with Crippen LogP contribution < -0.4 is 10.6 Å². The molecule has 1 aromatic rings. The number of amides is 1. The lowest BCUT2D eigenvalue weighted by Gasteiger charge is -2.17. The van der Waals surface area contributed by atoms with Crippen LogP contribution in [0.25, 0.3) is 0 Å². The van der Waals surface area contributed by atoms with E-state index >= 15 is 0 Å². The quantitative estimate of drug-likeness (QED) is 0.794. The molecule has 0 radical (unpaired) electrons. The van der Waals surface area contributed by atoms with Crippen molar-refractivity contribution in [1.82, 2.24) is 0 Å². The van der Waals surface area contributed by atoms with Crippen LogP contribution in [0.15, 0.2) is 23.1 Å². The molecule has 2 rings (SSSR count). The summed E-state index contributed by atoms with van der Waals surface area (Å²) in [5.41, 5.74) is 1.55. The molecule has 0 spiro atoms. The van der Waals surface area contributed by atoms with Crippen LogP contribution in [0.5, 0.6) is 0 Å². The standard InChI is InChI=1S/C11H12N2O3S/c1-16-11(15)5-12-7-2-3-9-8(4-7)13-10(14)6-17-9/h2-4,12H,5-6H2,1H3,(H,13,14). The lowest BCUT2D eigenvalue weighted by molar-refractivity contribution is -0.138. The van der Waals surface area contributed by atoms with E-state index in [0.29, 0.717) is 5.75 Å². The van der Waals surface area contributed by atoms with E-state index in [1.54, 1.807) is 0 Å². The van der Waals surface area contributed by atoms with Gasteiger partial charge < -0.3 is 15.4 Å². The smallest absolute Gasteiger partial charge is 0.325 e. The normalized spacial score (nSPS) is 13.6. The molecule has 0 saturated heterocycles. The van der Waals surface area contributed by atoms with Crippen LogP contribution in [0.3, 0.4) is 0 Å².